The molecule has 41 heavy (non-hydrogen) atoms. The molecule has 1 N–H and O–H groups in total. The minimum atomic E-state index is -3.83. The second-order valence-corrected chi connectivity index (χ2v) is 12.8. The average molecular weight is 591 g/mol. The summed E-state index contributed by atoms with van der Waals surface area (Å²) in [7, 11) is 0.511. The Hall–Kier alpha value is -2.76. The Labute approximate surface area is 245 Å². The Morgan fingerprint density at radius 2 is 1.83 bits per heavy atom. The summed E-state index contributed by atoms with van der Waals surface area (Å²) in [5, 5.41) is 0. The molecule has 11 heteroatoms. The van der Waals surface area contributed by atoms with Gasteiger partial charge in [-0.15, -0.1) is 0 Å². The van der Waals surface area contributed by atoms with Gasteiger partial charge in [0.1, 0.15) is 17.7 Å². The molecular formula is C30H46N4O6S. The van der Waals surface area contributed by atoms with E-state index >= 15 is 0 Å². The number of amides is 1. The van der Waals surface area contributed by atoms with Crippen LogP contribution in [-0.4, -0.2) is 62.0 Å². The molecule has 1 saturated heterocycles. The molecular weight excluding hydrogens is 544 g/mol. The van der Waals surface area contributed by atoms with Gasteiger partial charge in [0.15, 0.2) is 5.78 Å². The largest absolute Gasteiger partial charge is 0.497 e. The van der Waals surface area contributed by atoms with Crippen molar-refractivity contribution in [2.24, 2.45) is 0 Å². The van der Waals surface area contributed by atoms with Crippen LogP contribution in [0, 0.1) is 0 Å². The third-order valence-electron chi connectivity index (χ3n) is 7.60. The van der Waals surface area contributed by atoms with Gasteiger partial charge in [0.05, 0.1) is 13.2 Å². The van der Waals surface area contributed by atoms with Crippen molar-refractivity contribution in [2.45, 2.75) is 96.6 Å². The van der Waals surface area contributed by atoms with E-state index in [9.17, 15) is 18.0 Å². The lowest BCUT2D eigenvalue weighted by Crippen LogP contribution is -2.39. The van der Waals surface area contributed by atoms with E-state index in [2.05, 4.69) is 21.5 Å². The van der Waals surface area contributed by atoms with E-state index in [0.29, 0.717) is 36.7 Å². The van der Waals surface area contributed by atoms with Crippen molar-refractivity contribution in [3.05, 3.63) is 47.2 Å². The Balaban J connectivity index is 1.61. The van der Waals surface area contributed by atoms with Gasteiger partial charge in [-0.3, -0.25) is 14.5 Å². The molecule has 0 unspecified atom stereocenters. The molecule has 1 aliphatic rings. The summed E-state index contributed by atoms with van der Waals surface area (Å²) in [6, 6.07) is 5.65. The number of nitrogens with zero attached hydrogens (tertiary/aromatic N) is 3. The lowest BCUT2D eigenvalue weighted by Gasteiger charge is -2.24. The highest BCUT2D eigenvalue weighted by Crippen LogP contribution is 2.34. The Morgan fingerprint density at radius 3 is 2.54 bits per heavy atom. The lowest BCUT2D eigenvalue weighted by atomic mass is 10.0. The maximum absolute atomic E-state index is 12.7. The van der Waals surface area contributed by atoms with Crippen molar-refractivity contribution >= 4 is 21.9 Å². The van der Waals surface area contributed by atoms with Gasteiger partial charge in [-0.2, -0.15) is 12.7 Å². The Morgan fingerprint density at radius 1 is 1.10 bits per heavy atom. The fraction of sp³-hybridized carbons (Fsp3) is 0.633. The van der Waals surface area contributed by atoms with Crippen LogP contribution in [0.2, 0.25) is 0 Å². The number of unbranched alkanes of at least 4 members (excludes halogenated alkanes) is 6. The molecule has 2 heterocycles. The van der Waals surface area contributed by atoms with E-state index in [1.54, 1.807) is 7.11 Å². The summed E-state index contributed by atoms with van der Waals surface area (Å²) < 4.78 is 38.3. The summed E-state index contributed by atoms with van der Waals surface area (Å²) >= 11 is 0. The molecule has 1 fully saturated rings. The molecule has 0 radical (unpaired) electrons. The molecule has 1 atom stereocenters. The molecule has 0 aliphatic carbocycles. The average Bonchev–Trinajstić information content (AvgIpc) is 3.61. The number of nitrogens with one attached hydrogen (secondary N) is 1. The van der Waals surface area contributed by atoms with Gasteiger partial charge in [0.2, 0.25) is 11.8 Å². The molecule has 3 rings (SSSR count). The first-order valence-electron chi connectivity index (χ1n) is 14.8. The zero-order chi connectivity index (χ0) is 29.8. The van der Waals surface area contributed by atoms with Gasteiger partial charge in [0.25, 0.3) is 0 Å². The second kappa shape index (κ2) is 16.0. The molecule has 228 valence electrons. The number of benzene rings is 1. The number of Topliss-reactive ketones (excluding diaryl/α,β-unsaturated/α-hetero) is 1. The van der Waals surface area contributed by atoms with Crippen LogP contribution in [-0.2, 0) is 28.0 Å². The second-order valence-electron chi connectivity index (χ2n) is 10.9. The summed E-state index contributed by atoms with van der Waals surface area (Å²) in [6.07, 6.45) is 12.3. The number of aryl methyl sites for hydroxylation is 1. The normalized spacial score (nSPS) is 15.9. The first-order valence-corrected chi connectivity index (χ1v) is 16.2. The third-order valence-corrected chi connectivity index (χ3v) is 9.04. The van der Waals surface area contributed by atoms with Crippen molar-refractivity contribution in [1.29, 1.82) is 0 Å². The molecule has 10 nitrogen and oxygen atoms in total. The number of aromatic nitrogens is 1. The zero-order valence-corrected chi connectivity index (χ0v) is 25.8. The van der Waals surface area contributed by atoms with Gasteiger partial charge in [-0.05, 0) is 55.5 Å². The first-order chi connectivity index (χ1) is 19.6. The van der Waals surface area contributed by atoms with Crippen molar-refractivity contribution in [1.82, 2.24) is 18.9 Å². The van der Waals surface area contributed by atoms with E-state index < -0.39 is 16.1 Å². The van der Waals surface area contributed by atoms with E-state index in [0.717, 1.165) is 47.7 Å². The number of likely N-dealkylation sites (tertiary alicyclic amines) is 1. The lowest BCUT2D eigenvalue weighted by molar-refractivity contribution is -0.119. The molecule has 2 aromatic rings. The summed E-state index contributed by atoms with van der Waals surface area (Å²) in [6.45, 7) is 3.63. The fourth-order valence-electron chi connectivity index (χ4n) is 5.11. The van der Waals surface area contributed by atoms with Gasteiger partial charge in [-0.1, -0.05) is 51.5 Å². The van der Waals surface area contributed by atoms with Crippen LogP contribution in [0.5, 0.6) is 5.75 Å². The number of hydrogen-bond donors (Lipinski definition) is 1. The molecule has 0 spiro atoms. The van der Waals surface area contributed by atoms with Crippen LogP contribution in [0.4, 0.5) is 0 Å². The van der Waals surface area contributed by atoms with Crippen LogP contribution < -0.4 is 9.46 Å². The van der Waals surface area contributed by atoms with Gasteiger partial charge in [-0.25, -0.2) is 9.71 Å². The van der Waals surface area contributed by atoms with Crippen LogP contribution in [0.15, 0.2) is 28.9 Å². The summed E-state index contributed by atoms with van der Waals surface area (Å²) in [4.78, 5) is 31.9. The smallest absolute Gasteiger partial charge is 0.303 e. The quantitative estimate of drug-likeness (QED) is 0.186. The van der Waals surface area contributed by atoms with E-state index in [1.165, 1.54) is 52.5 Å². The number of hydrogen-bond acceptors (Lipinski definition) is 8. The first kappa shape index (κ1) is 32.8. The number of carbonyl (C=O) groups excluding carboxylic acids is 2. The van der Waals surface area contributed by atoms with Crippen molar-refractivity contribution in [2.75, 3.05) is 27.7 Å². The maximum Gasteiger partial charge on any atom is 0.303 e. The monoisotopic (exact) mass is 590 g/mol. The predicted molar refractivity (Wildman–Crippen MR) is 158 cm³/mol. The van der Waals surface area contributed by atoms with Crippen molar-refractivity contribution in [3.63, 3.8) is 0 Å². The van der Waals surface area contributed by atoms with Crippen LogP contribution in [0.25, 0.3) is 0 Å². The van der Waals surface area contributed by atoms with E-state index in [1.807, 2.05) is 18.2 Å². The van der Waals surface area contributed by atoms with Crippen LogP contribution >= 0.6 is 0 Å². The van der Waals surface area contributed by atoms with Crippen LogP contribution in [0.1, 0.15) is 111 Å². The predicted octanol–water partition coefficient (Wildman–Crippen LogP) is 5.20. The number of rotatable bonds is 18. The molecule has 0 saturated carbocycles. The highest BCUT2D eigenvalue weighted by Gasteiger charge is 2.31. The minimum Gasteiger partial charge on any atom is -0.497 e. The maximum atomic E-state index is 12.7. The minimum absolute atomic E-state index is 0.0276. The van der Waals surface area contributed by atoms with E-state index in [4.69, 9.17) is 9.15 Å². The molecule has 0 bridgehead atoms. The number of oxazole rings is 1. The van der Waals surface area contributed by atoms with Gasteiger partial charge < -0.3 is 9.15 Å². The van der Waals surface area contributed by atoms with Gasteiger partial charge in [0, 0.05) is 33.5 Å². The zero-order valence-electron chi connectivity index (χ0n) is 25.0. The summed E-state index contributed by atoms with van der Waals surface area (Å²) in [5.41, 5.74) is 2.33. The Kier molecular flexibility index (Phi) is 12.8. The number of methoxy groups -OCH3 is 1. The molecule has 1 aromatic carbocycles. The standard InChI is InChI=1S/C30H46N4O6S/c1-5-6-7-8-9-10-11-14-28(35)26-22-40-30(31-26)27-13-12-19-34(27)21-24-20-25(39-4)17-15-23(24)16-18-29(36)32-41(37,38)33(2)3/h15,17,20,22,27H,5-14,16,18-19,21H2,1-4H3,(H,32,36)/t27-/m0/s1. The topological polar surface area (TPSA) is 122 Å². The SMILES string of the molecule is CCCCCCCCCC(=O)c1coc([C@@H]2CCCN2Cc2cc(OC)ccc2CCC(=O)NS(=O)(=O)N(C)C)n1. The summed E-state index contributed by atoms with van der Waals surface area (Å²) in [5.74, 6) is 0.729. The van der Waals surface area contributed by atoms with Crippen molar-refractivity contribution < 1.29 is 27.2 Å². The Bertz CT molecular complexity index is 1240. The van der Waals surface area contributed by atoms with E-state index in [-0.39, 0.29) is 18.2 Å². The fourth-order valence-corrected chi connectivity index (χ4v) is 5.68. The highest BCUT2D eigenvalue weighted by atomic mass is 32.2. The van der Waals surface area contributed by atoms with Crippen molar-refractivity contribution in [3.8, 4) is 5.75 Å². The molecule has 1 amide bonds. The number of carbonyl (C=O) groups is 2. The van der Waals surface area contributed by atoms with Gasteiger partial charge >= 0.3 is 10.2 Å². The highest BCUT2D eigenvalue weighted by molar-refractivity contribution is 7.87. The third kappa shape index (κ3) is 9.93. The molecule has 1 aromatic heterocycles. The number of ketones is 1. The van der Waals surface area contributed by atoms with Crippen LogP contribution in [0.3, 0.4) is 0 Å². The molecule has 1 aliphatic heterocycles. The number of ether oxygens (including phenoxy) is 1.